The smallest absolute Gasteiger partial charge is 0.332 e. The number of esters is 1. The fourth-order valence-corrected chi connectivity index (χ4v) is 0.866. The van der Waals surface area contributed by atoms with E-state index in [1.807, 2.05) is 6.07 Å². The van der Waals surface area contributed by atoms with Crippen molar-refractivity contribution >= 4 is 5.97 Å². The summed E-state index contributed by atoms with van der Waals surface area (Å²) in [5.41, 5.74) is 6.59. The van der Waals surface area contributed by atoms with Gasteiger partial charge in [-0.1, -0.05) is 6.07 Å². The maximum atomic E-state index is 11.0. The van der Waals surface area contributed by atoms with Crippen molar-refractivity contribution in [3.8, 4) is 0 Å². The Labute approximate surface area is 82.4 Å². The van der Waals surface area contributed by atoms with E-state index in [4.69, 9.17) is 10.5 Å². The highest BCUT2D eigenvalue weighted by Gasteiger charge is 1.98. The van der Waals surface area contributed by atoms with Crippen molar-refractivity contribution in [2.75, 3.05) is 0 Å². The molecule has 0 aliphatic heterocycles. The third-order valence-corrected chi connectivity index (χ3v) is 1.45. The van der Waals surface area contributed by atoms with E-state index in [-0.39, 0.29) is 6.61 Å². The van der Waals surface area contributed by atoms with E-state index in [9.17, 15) is 4.79 Å². The van der Waals surface area contributed by atoms with Crippen molar-refractivity contribution in [2.45, 2.75) is 13.5 Å². The summed E-state index contributed by atoms with van der Waals surface area (Å²) in [6.07, 6.45) is 4.55. The fourth-order valence-electron chi connectivity index (χ4n) is 0.866. The minimum Gasteiger partial charge on any atom is -0.458 e. The molecule has 1 aromatic heterocycles. The first-order chi connectivity index (χ1) is 6.68. The number of hydrogen-bond acceptors (Lipinski definition) is 4. The number of ether oxygens (including phenoxy) is 1. The minimum absolute atomic E-state index is 0.219. The first-order valence-electron chi connectivity index (χ1n) is 4.18. The summed E-state index contributed by atoms with van der Waals surface area (Å²) in [7, 11) is 0. The van der Waals surface area contributed by atoms with E-state index < -0.39 is 5.97 Å². The Balaban J connectivity index is 2.42. The molecule has 1 heterocycles. The molecule has 74 valence electrons. The van der Waals surface area contributed by atoms with Gasteiger partial charge in [0, 0.05) is 29.7 Å². The Kier molecular flexibility index (Phi) is 3.67. The van der Waals surface area contributed by atoms with Crippen molar-refractivity contribution < 1.29 is 9.53 Å². The number of allylic oxidation sites excluding steroid dienone is 1. The van der Waals surface area contributed by atoms with Gasteiger partial charge < -0.3 is 10.5 Å². The van der Waals surface area contributed by atoms with Crippen LogP contribution in [-0.4, -0.2) is 11.0 Å². The summed E-state index contributed by atoms with van der Waals surface area (Å²) in [6.45, 7) is 1.85. The predicted molar refractivity (Wildman–Crippen MR) is 52.0 cm³/mol. The summed E-state index contributed by atoms with van der Waals surface area (Å²) >= 11 is 0. The second-order valence-electron chi connectivity index (χ2n) is 2.86. The molecule has 0 bridgehead atoms. The highest BCUT2D eigenvalue weighted by atomic mass is 16.5. The van der Waals surface area contributed by atoms with Crippen molar-refractivity contribution in [1.29, 1.82) is 0 Å². The van der Waals surface area contributed by atoms with Gasteiger partial charge in [0.25, 0.3) is 0 Å². The molecule has 0 aliphatic rings. The molecule has 0 unspecified atom stereocenters. The SMILES string of the molecule is C/C(N)=C/C(=O)OCc1cccnc1. The summed E-state index contributed by atoms with van der Waals surface area (Å²) < 4.78 is 4.90. The van der Waals surface area contributed by atoms with Gasteiger partial charge in [-0.2, -0.15) is 0 Å². The molecule has 0 fully saturated rings. The molecule has 0 radical (unpaired) electrons. The molecule has 4 nitrogen and oxygen atoms in total. The lowest BCUT2D eigenvalue weighted by molar-refractivity contribution is -0.139. The molecule has 14 heavy (non-hydrogen) atoms. The van der Waals surface area contributed by atoms with Crippen molar-refractivity contribution in [1.82, 2.24) is 4.98 Å². The highest BCUT2D eigenvalue weighted by molar-refractivity contribution is 5.82. The second kappa shape index (κ2) is 5.01. The zero-order valence-corrected chi connectivity index (χ0v) is 7.93. The summed E-state index contributed by atoms with van der Waals surface area (Å²) in [5, 5.41) is 0. The molecule has 0 atom stereocenters. The van der Waals surface area contributed by atoms with Gasteiger partial charge in [-0.15, -0.1) is 0 Å². The number of hydrogen-bond donors (Lipinski definition) is 1. The molecular weight excluding hydrogens is 180 g/mol. The topological polar surface area (TPSA) is 65.2 Å². The largest absolute Gasteiger partial charge is 0.458 e. The maximum absolute atomic E-state index is 11.0. The van der Waals surface area contributed by atoms with Gasteiger partial charge in [0.15, 0.2) is 0 Å². The summed E-state index contributed by atoms with van der Waals surface area (Å²) in [4.78, 5) is 14.9. The van der Waals surface area contributed by atoms with Crippen LogP contribution in [0.3, 0.4) is 0 Å². The molecule has 2 N–H and O–H groups in total. The third-order valence-electron chi connectivity index (χ3n) is 1.45. The highest BCUT2D eigenvalue weighted by Crippen LogP contribution is 1.98. The number of aromatic nitrogens is 1. The quantitative estimate of drug-likeness (QED) is 0.573. The second-order valence-corrected chi connectivity index (χ2v) is 2.86. The lowest BCUT2D eigenvalue weighted by Gasteiger charge is -2.01. The number of carbonyl (C=O) groups excluding carboxylic acids is 1. The lowest BCUT2D eigenvalue weighted by atomic mass is 10.3. The molecular formula is C10H12N2O2. The Bertz CT molecular complexity index is 329. The third kappa shape index (κ3) is 3.71. The molecule has 0 spiro atoms. The Morgan fingerprint density at radius 2 is 2.50 bits per heavy atom. The average Bonchev–Trinajstić information content (AvgIpc) is 2.15. The lowest BCUT2D eigenvalue weighted by Crippen LogP contribution is -2.04. The van der Waals surface area contributed by atoms with Crippen LogP contribution < -0.4 is 5.73 Å². The van der Waals surface area contributed by atoms with Crippen LogP contribution in [0.25, 0.3) is 0 Å². The van der Waals surface area contributed by atoms with Crippen LogP contribution in [0.15, 0.2) is 36.3 Å². The van der Waals surface area contributed by atoms with Crippen LogP contribution in [0, 0.1) is 0 Å². The van der Waals surface area contributed by atoms with Crippen molar-refractivity contribution in [2.24, 2.45) is 5.73 Å². The van der Waals surface area contributed by atoms with Gasteiger partial charge in [0.2, 0.25) is 0 Å². The minimum atomic E-state index is -0.436. The zero-order valence-electron chi connectivity index (χ0n) is 7.93. The number of pyridine rings is 1. The molecule has 0 saturated heterocycles. The van der Waals surface area contributed by atoms with E-state index >= 15 is 0 Å². The van der Waals surface area contributed by atoms with Crippen LogP contribution >= 0.6 is 0 Å². The standard InChI is InChI=1S/C10H12N2O2/c1-8(11)5-10(13)14-7-9-3-2-4-12-6-9/h2-6H,7,11H2,1H3/b8-5-. The van der Waals surface area contributed by atoms with Gasteiger partial charge >= 0.3 is 5.97 Å². The first-order valence-corrected chi connectivity index (χ1v) is 4.18. The number of nitrogens with two attached hydrogens (primary N) is 1. The summed E-state index contributed by atoms with van der Waals surface area (Å²) in [5.74, 6) is -0.436. The van der Waals surface area contributed by atoms with Gasteiger partial charge in [-0.05, 0) is 13.0 Å². The van der Waals surface area contributed by atoms with Gasteiger partial charge in [-0.3, -0.25) is 4.98 Å². The van der Waals surface area contributed by atoms with E-state index in [0.29, 0.717) is 5.70 Å². The maximum Gasteiger partial charge on any atom is 0.332 e. The van der Waals surface area contributed by atoms with Gasteiger partial charge in [0.1, 0.15) is 6.61 Å². The van der Waals surface area contributed by atoms with Crippen LogP contribution in [0.1, 0.15) is 12.5 Å². The number of nitrogens with zero attached hydrogens (tertiary/aromatic N) is 1. The monoisotopic (exact) mass is 192 g/mol. The van der Waals surface area contributed by atoms with Crippen molar-refractivity contribution in [3.63, 3.8) is 0 Å². The average molecular weight is 192 g/mol. The number of carbonyl (C=O) groups is 1. The summed E-state index contributed by atoms with van der Waals surface area (Å²) in [6, 6.07) is 3.62. The molecule has 1 rings (SSSR count). The predicted octanol–water partition coefficient (Wildman–Crippen LogP) is 0.987. The van der Waals surface area contributed by atoms with Crippen LogP contribution in [0.2, 0.25) is 0 Å². The molecule has 1 aromatic rings. The van der Waals surface area contributed by atoms with E-state index in [0.717, 1.165) is 5.56 Å². The van der Waals surface area contributed by atoms with E-state index in [1.54, 1.807) is 25.4 Å². The van der Waals surface area contributed by atoms with E-state index in [2.05, 4.69) is 4.98 Å². The van der Waals surface area contributed by atoms with E-state index in [1.165, 1.54) is 6.08 Å². The normalized spacial score (nSPS) is 11.1. The Morgan fingerprint density at radius 1 is 1.71 bits per heavy atom. The number of rotatable bonds is 3. The van der Waals surface area contributed by atoms with Gasteiger partial charge in [-0.25, -0.2) is 4.79 Å². The van der Waals surface area contributed by atoms with Crippen LogP contribution in [0.4, 0.5) is 0 Å². The molecule has 0 aromatic carbocycles. The fraction of sp³-hybridized carbons (Fsp3) is 0.200. The van der Waals surface area contributed by atoms with Crippen molar-refractivity contribution in [3.05, 3.63) is 41.9 Å². The Hall–Kier alpha value is -1.84. The van der Waals surface area contributed by atoms with Crippen LogP contribution in [-0.2, 0) is 16.1 Å². The molecule has 0 amide bonds. The zero-order chi connectivity index (χ0) is 10.4. The van der Waals surface area contributed by atoms with Gasteiger partial charge in [0.05, 0.1) is 0 Å². The molecule has 4 heteroatoms. The Morgan fingerprint density at radius 3 is 3.07 bits per heavy atom. The van der Waals surface area contributed by atoms with Crippen LogP contribution in [0.5, 0.6) is 0 Å². The molecule has 0 aliphatic carbocycles. The first kappa shape index (κ1) is 10.2. The molecule has 0 saturated carbocycles.